The smallest absolute Gasteiger partial charge is 0.225 e. The van der Waals surface area contributed by atoms with E-state index >= 15 is 0 Å². The molecular formula is C16H21F2N3O2. The van der Waals surface area contributed by atoms with E-state index in [0.717, 1.165) is 25.0 Å². The van der Waals surface area contributed by atoms with Crippen molar-refractivity contribution in [1.29, 1.82) is 0 Å². The molecule has 0 aromatic heterocycles. The van der Waals surface area contributed by atoms with Gasteiger partial charge in [0.2, 0.25) is 11.8 Å². The SMILES string of the molecule is CC(=O)NC(CC(=O)N1CCCC1CN)c1ccc(F)cc1F. The van der Waals surface area contributed by atoms with E-state index in [4.69, 9.17) is 5.73 Å². The van der Waals surface area contributed by atoms with Crippen molar-refractivity contribution < 1.29 is 18.4 Å². The highest BCUT2D eigenvalue weighted by Gasteiger charge is 2.30. The minimum absolute atomic E-state index is 0.0152. The molecule has 1 aliphatic rings. The number of amides is 2. The molecule has 3 N–H and O–H groups in total. The van der Waals surface area contributed by atoms with Crippen molar-refractivity contribution in [3.05, 3.63) is 35.4 Å². The number of nitrogens with zero attached hydrogens (tertiary/aromatic N) is 1. The number of likely N-dealkylation sites (tertiary alicyclic amines) is 1. The number of nitrogens with two attached hydrogens (primary N) is 1. The maximum absolute atomic E-state index is 14.0. The summed E-state index contributed by atoms with van der Waals surface area (Å²) in [5, 5.41) is 2.56. The molecule has 1 aromatic carbocycles. The summed E-state index contributed by atoms with van der Waals surface area (Å²) < 4.78 is 27.0. The van der Waals surface area contributed by atoms with Gasteiger partial charge in [0.15, 0.2) is 0 Å². The quantitative estimate of drug-likeness (QED) is 0.861. The first-order chi connectivity index (χ1) is 10.9. The molecule has 23 heavy (non-hydrogen) atoms. The lowest BCUT2D eigenvalue weighted by atomic mass is 10.0. The molecule has 0 spiro atoms. The maximum atomic E-state index is 14.0. The number of benzene rings is 1. The fourth-order valence-electron chi connectivity index (χ4n) is 2.97. The van der Waals surface area contributed by atoms with Crippen LogP contribution in [0.15, 0.2) is 18.2 Å². The lowest BCUT2D eigenvalue weighted by Crippen LogP contribution is -2.42. The van der Waals surface area contributed by atoms with Crippen LogP contribution in [0.2, 0.25) is 0 Å². The van der Waals surface area contributed by atoms with Gasteiger partial charge in [0.25, 0.3) is 0 Å². The molecule has 2 amide bonds. The Bertz CT molecular complexity index is 595. The number of carbonyl (C=O) groups excluding carboxylic acids is 2. The number of halogens is 2. The van der Waals surface area contributed by atoms with E-state index < -0.39 is 17.7 Å². The molecule has 2 atom stereocenters. The molecule has 2 rings (SSSR count). The average Bonchev–Trinajstić information content (AvgIpc) is 2.94. The predicted molar refractivity (Wildman–Crippen MR) is 81.3 cm³/mol. The minimum atomic E-state index is -0.834. The van der Waals surface area contributed by atoms with Crippen LogP contribution in [0.25, 0.3) is 0 Å². The Kier molecular flexibility index (Phi) is 5.65. The fourth-order valence-corrected chi connectivity index (χ4v) is 2.97. The number of nitrogens with one attached hydrogen (secondary N) is 1. The van der Waals surface area contributed by atoms with E-state index in [1.807, 2.05) is 0 Å². The minimum Gasteiger partial charge on any atom is -0.349 e. The molecule has 0 bridgehead atoms. The van der Waals surface area contributed by atoms with Gasteiger partial charge in [-0.05, 0) is 18.9 Å². The Hall–Kier alpha value is -2.02. The van der Waals surface area contributed by atoms with Gasteiger partial charge >= 0.3 is 0 Å². The van der Waals surface area contributed by atoms with E-state index in [-0.39, 0.29) is 29.8 Å². The average molecular weight is 325 g/mol. The number of hydrogen-bond acceptors (Lipinski definition) is 3. The Morgan fingerprint density at radius 3 is 2.78 bits per heavy atom. The zero-order valence-electron chi connectivity index (χ0n) is 13.0. The zero-order valence-corrected chi connectivity index (χ0v) is 13.0. The Morgan fingerprint density at radius 2 is 2.17 bits per heavy atom. The van der Waals surface area contributed by atoms with Gasteiger partial charge in [-0.2, -0.15) is 0 Å². The van der Waals surface area contributed by atoms with Crippen LogP contribution in [0.5, 0.6) is 0 Å². The van der Waals surface area contributed by atoms with Crippen LogP contribution in [0.4, 0.5) is 8.78 Å². The van der Waals surface area contributed by atoms with Gasteiger partial charge in [-0.3, -0.25) is 9.59 Å². The van der Waals surface area contributed by atoms with Crippen LogP contribution in [0, 0.1) is 11.6 Å². The highest BCUT2D eigenvalue weighted by Crippen LogP contribution is 2.25. The lowest BCUT2D eigenvalue weighted by molar-refractivity contribution is -0.132. The summed E-state index contributed by atoms with van der Waals surface area (Å²) >= 11 is 0. The van der Waals surface area contributed by atoms with E-state index in [2.05, 4.69) is 5.32 Å². The Labute approximate surface area is 133 Å². The van der Waals surface area contributed by atoms with E-state index in [0.29, 0.717) is 13.1 Å². The third kappa shape index (κ3) is 4.25. The predicted octanol–water partition coefficient (Wildman–Crippen LogP) is 1.48. The van der Waals surface area contributed by atoms with Gasteiger partial charge in [-0.1, -0.05) is 6.07 Å². The van der Waals surface area contributed by atoms with Crippen LogP contribution >= 0.6 is 0 Å². The van der Waals surface area contributed by atoms with Crippen LogP contribution < -0.4 is 11.1 Å². The van der Waals surface area contributed by atoms with Crippen LogP contribution in [-0.2, 0) is 9.59 Å². The van der Waals surface area contributed by atoms with Crippen LogP contribution in [0.3, 0.4) is 0 Å². The van der Waals surface area contributed by atoms with Crippen LogP contribution in [-0.4, -0.2) is 35.8 Å². The van der Waals surface area contributed by atoms with Gasteiger partial charge < -0.3 is 16.0 Å². The lowest BCUT2D eigenvalue weighted by Gasteiger charge is -2.26. The van der Waals surface area contributed by atoms with Gasteiger partial charge in [0.05, 0.1) is 12.5 Å². The second kappa shape index (κ2) is 7.50. The second-order valence-electron chi connectivity index (χ2n) is 5.74. The first-order valence-electron chi connectivity index (χ1n) is 7.64. The molecule has 7 heteroatoms. The van der Waals surface area contributed by atoms with Crippen molar-refractivity contribution in [2.24, 2.45) is 5.73 Å². The molecule has 5 nitrogen and oxygen atoms in total. The second-order valence-corrected chi connectivity index (χ2v) is 5.74. The molecule has 0 saturated carbocycles. The summed E-state index contributed by atoms with van der Waals surface area (Å²) in [7, 11) is 0. The molecule has 1 heterocycles. The molecule has 1 aromatic rings. The normalized spacial score (nSPS) is 18.8. The molecule has 1 aliphatic heterocycles. The summed E-state index contributed by atoms with van der Waals surface area (Å²) in [4.78, 5) is 25.5. The van der Waals surface area contributed by atoms with Crippen molar-refractivity contribution >= 4 is 11.8 Å². The van der Waals surface area contributed by atoms with Gasteiger partial charge in [-0.15, -0.1) is 0 Å². The third-order valence-electron chi connectivity index (χ3n) is 4.06. The van der Waals surface area contributed by atoms with Crippen molar-refractivity contribution in [3.63, 3.8) is 0 Å². The van der Waals surface area contributed by atoms with Crippen molar-refractivity contribution in [2.75, 3.05) is 13.1 Å². The monoisotopic (exact) mass is 325 g/mol. The first-order valence-corrected chi connectivity index (χ1v) is 7.64. The molecule has 1 fully saturated rings. The number of hydrogen-bond donors (Lipinski definition) is 2. The molecule has 1 saturated heterocycles. The summed E-state index contributed by atoms with van der Waals surface area (Å²) in [6.45, 7) is 2.28. The molecule has 126 valence electrons. The molecule has 0 aliphatic carbocycles. The molecule has 2 unspecified atom stereocenters. The van der Waals surface area contributed by atoms with Crippen molar-refractivity contribution in [3.8, 4) is 0 Å². The highest BCUT2D eigenvalue weighted by atomic mass is 19.1. The number of rotatable bonds is 5. The number of carbonyl (C=O) groups is 2. The molecule has 0 radical (unpaired) electrons. The van der Waals surface area contributed by atoms with Crippen molar-refractivity contribution in [2.45, 2.75) is 38.3 Å². The summed E-state index contributed by atoms with van der Waals surface area (Å²) in [6, 6.07) is 2.25. The van der Waals surface area contributed by atoms with E-state index in [9.17, 15) is 18.4 Å². The standard InChI is InChI=1S/C16H21F2N3O2/c1-10(22)20-15(13-5-4-11(17)7-14(13)18)8-16(23)21-6-2-3-12(21)9-19/h4-5,7,12,15H,2-3,6,8-9,19H2,1H3,(H,20,22). The topological polar surface area (TPSA) is 75.4 Å². The van der Waals surface area contributed by atoms with E-state index in [1.165, 1.54) is 13.0 Å². The molecular weight excluding hydrogens is 304 g/mol. The summed E-state index contributed by atoms with van der Waals surface area (Å²) in [5.74, 6) is -2.07. The van der Waals surface area contributed by atoms with Gasteiger partial charge in [-0.25, -0.2) is 8.78 Å². The van der Waals surface area contributed by atoms with Gasteiger partial charge in [0.1, 0.15) is 11.6 Å². The third-order valence-corrected chi connectivity index (χ3v) is 4.06. The van der Waals surface area contributed by atoms with Crippen molar-refractivity contribution in [1.82, 2.24) is 10.2 Å². The maximum Gasteiger partial charge on any atom is 0.225 e. The summed E-state index contributed by atoms with van der Waals surface area (Å²) in [6.07, 6.45) is 1.64. The van der Waals surface area contributed by atoms with Gasteiger partial charge in [0, 0.05) is 37.7 Å². The first kappa shape index (κ1) is 17.3. The highest BCUT2D eigenvalue weighted by molar-refractivity contribution is 5.79. The van der Waals surface area contributed by atoms with Crippen LogP contribution in [0.1, 0.15) is 37.8 Å². The largest absolute Gasteiger partial charge is 0.349 e. The fraction of sp³-hybridized carbons (Fsp3) is 0.500. The Morgan fingerprint density at radius 1 is 1.43 bits per heavy atom. The summed E-state index contributed by atoms with van der Waals surface area (Å²) in [5.41, 5.74) is 5.76. The van der Waals surface area contributed by atoms with E-state index in [1.54, 1.807) is 4.90 Å². The zero-order chi connectivity index (χ0) is 17.0. The Balaban J connectivity index is 2.18.